The lowest BCUT2D eigenvalue weighted by Gasteiger charge is -2.10. The number of thiophene rings is 1. The molecule has 0 aliphatic carbocycles. The molecular weight excluding hydrogens is 462 g/mol. The quantitative estimate of drug-likeness (QED) is 0.326. The lowest BCUT2D eigenvalue weighted by Crippen LogP contribution is -2.12. The summed E-state index contributed by atoms with van der Waals surface area (Å²) in [7, 11) is -3.70. The zero-order valence-electron chi connectivity index (χ0n) is 16.8. The van der Waals surface area contributed by atoms with Crippen molar-refractivity contribution in [2.24, 2.45) is 0 Å². The molecule has 0 amide bonds. The van der Waals surface area contributed by atoms with E-state index in [-0.39, 0.29) is 4.90 Å². The third-order valence-corrected chi connectivity index (χ3v) is 7.87. The Morgan fingerprint density at radius 1 is 0.906 bits per heavy atom. The van der Waals surface area contributed by atoms with Gasteiger partial charge in [-0.2, -0.15) is 0 Å². The molecule has 5 rings (SSSR count). The summed E-state index contributed by atoms with van der Waals surface area (Å²) < 4.78 is 27.6. The number of nitrogens with zero attached hydrogens (tertiary/aromatic N) is 3. The molecule has 2 N–H and O–H groups in total. The molecule has 5 aromatic rings. The van der Waals surface area contributed by atoms with Crippen LogP contribution in [0.5, 0.6) is 0 Å². The second kappa shape index (κ2) is 8.30. The van der Waals surface area contributed by atoms with Gasteiger partial charge in [0.05, 0.1) is 10.3 Å². The number of benzene rings is 2. The van der Waals surface area contributed by atoms with Crippen LogP contribution < -0.4 is 10.0 Å². The van der Waals surface area contributed by atoms with E-state index in [9.17, 15) is 8.42 Å². The van der Waals surface area contributed by atoms with E-state index in [4.69, 9.17) is 0 Å². The predicted octanol–water partition coefficient (Wildman–Crippen LogP) is 5.67. The van der Waals surface area contributed by atoms with E-state index in [0.29, 0.717) is 10.9 Å². The topological polar surface area (TPSA) is 96.9 Å². The first-order chi connectivity index (χ1) is 15.5. The molecule has 32 heavy (non-hydrogen) atoms. The number of fused-ring (bicyclic) bond motifs is 1. The second-order valence-electron chi connectivity index (χ2n) is 7.01. The van der Waals surface area contributed by atoms with Crippen LogP contribution in [0.15, 0.2) is 76.7 Å². The average Bonchev–Trinajstić information content (AvgIpc) is 3.45. The number of aryl methyl sites for hydroxylation is 1. The highest BCUT2D eigenvalue weighted by atomic mass is 32.2. The Hall–Kier alpha value is -3.34. The van der Waals surface area contributed by atoms with Crippen molar-refractivity contribution >= 4 is 59.6 Å². The van der Waals surface area contributed by atoms with Gasteiger partial charge in [0.1, 0.15) is 17.0 Å². The number of nitrogens with one attached hydrogen (secondary N) is 2. The van der Waals surface area contributed by atoms with Crippen LogP contribution in [-0.2, 0) is 10.0 Å². The zero-order chi connectivity index (χ0) is 22.1. The molecule has 0 aliphatic heterocycles. The summed E-state index contributed by atoms with van der Waals surface area (Å²) in [5, 5.41) is 8.36. The Bertz CT molecular complexity index is 1480. The van der Waals surface area contributed by atoms with Crippen LogP contribution >= 0.6 is 22.7 Å². The number of anilines is 3. The highest BCUT2D eigenvalue weighted by Gasteiger charge is 2.16. The van der Waals surface area contributed by atoms with E-state index in [1.165, 1.54) is 23.2 Å². The fourth-order valence-corrected chi connectivity index (χ4v) is 5.92. The van der Waals surface area contributed by atoms with E-state index < -0.39 is 10.0 Å². The van der Waals surface area contributed by atoms with Crippen molar-refractivity contribution in [1.82, 2.24) is 15.0 Å². The maximum Gasteiger partial charge on any atom is 0.263 e. The van der Waals surface area contributed by atoms with Gasteiger partial charge in [-0.3, -0.25) is 4.72 Å². The molecule has 3 heterocycles. The van der Waals surface area contributed by atoms with Gasteiger partial charge in [-0.25, -0.2) is 23.4 Å². The summed E-state index contributed by atoms with van der Waals surface area (Å²) in [6.07, 6.45) is 3.07. The van der Waals surface area contributed by atoms with Crippen LogP contribution in [0.25, 0.3) is 21.3 Å². The van der Waals surface area contributed by atoms with Gasteiger partial charge in [0.25, 0.3) is 10.0 Å². The average molecular weight is 480 g/mol. The number of sulfonamides is 1. The Kier molecular flexibility index (Phi) is 5.33. The van der Waals surface area contributed by atoms with Crippen molar-refractivity contribution in [2.75, 3.05) is 10.0 Å². The van der Waals surface area contributed by atoms with Gasteiger partial charge in [-0.15, -0.1) is 22.7 Å². The lowest BCUT2D eigenvalue weighted by atomic mass is 10.0. The third-order valence-electron chi connectivity index (χ3n) is 4.81. The van der Waals surface area contributed by atoms with Crippen LogP contribution in [0, 0.1) is 6.92 Å². The van der Waals surface area contributed by atoms with Crippen molar-refractivity contribution in [1.29, 1.82) is 0 Å². The molecule has 0 fully saturated rings. The fraction of sp³-hybridized carbons (Fsp3) is 0.0455. The van der Waals surface area contributed by atoms with Crippen molar-refractivity contribution in [3.05, 3.63) is 77.4 Å². The zero-order valence-corrected chi connectivity index (χ0v) is 19.3. The first-order valence-electron chi connectivity index (χ1n) is 9.58. The Labute approximate surface area is 192 Å². The first-order valence-corrected chi connectivity index (χ1v) is 12.8. The fourth-order valence-electron chi connectivity index (χ4n) is 3.22. The van der Waals surface area contributed by atoms with Gasteiger partial charge in [-0.1, -0.05) is 29.8 Å². The number of rotatable bonds is 6. The maximum atomic E-state index is 12.6. The number of aromatic nitrogens is 3. The lowest BCUT2D eigenvalue weighted by molar-refractivity contribution is 0.601. The Morgan fingerprint density at radius 3 is 2.41 bits per heavy atom. The standard InChI is InChI=1S/C22H17N5O2S3/c1-14-2-4-15(5-3-14)18-12-31-21-19(18)20(24-13-25-21)26-16-6-8-17(9-7-16)32(28,29)27-22-23-10-11-30-22/h2-13H,1H3,(H,23,27)(H,24,25,26). The molecule has 2 aromatic carbocycles. The largest absolute Gasteiger partial charge is 0.340 e. The predicted molar refractivity (Wildman–Crippen MR) is 130 cm³/mol. The van der Waals surface area contributed by atoms with Gasteiger partial charge in [-0.05, 0) is 36.8 Å². The highest BCUT2D eigenvalue weighted by Crippen LogP contribution is 2.37. The second-order valence-corrected chi connectivity index (χ2v) is 10.4. The van der Waals surface area contributed by atoms with Gasteiger partial charge in [0.15, 0.2) is 5.13 Å². The van der Waals surface area contributed by atoms with E-state index in [2.05, 4.69) is 61.6 Å². The van der Waals surface area contributed by atoms with Crippen LogP contribution in [0.1, 0.15) is 5.56 Å². The Balaban J connectivity index is 1.45. The van der Waals surface area contributed by atoms with Crippen LogP contribution in [-0.4, -0.2) is 23.4 Å². The van der Waals surface area contributed by atoms with Gasteiger partial charge in [0, 0.05) is 28.2 Å². The molecule has 0 saturated carbocycles. The highest BCUT2D eigenvalue weighted by molar-refractivity contribution is 7.93. The SMILES string of the molecule is Cc1ccc(-c2csc3ncnc(Nc4ccc(S(=O)(=O)Nc5nccs5)cc4)c23)cc1. The summed E-state index contributed by atoms with van der Waals surface area (Å²) >= 11 is 2.79. The van der Waals surface area contributed by atoms with E-state index >= 15 is 0 Å². The molecule has 0 aliphatic rings. The van der Waals surface area contributed by atoms with Crippen LogP contribution in [0.3, 0.4) is 0 Å². The molecule has 0 spiro atoms. The first kappa shape index (κ1) is 20.6. The summed E-state index contributed by atoms with van der Waals surface area (Å²) in [4.78, 5) is 13.8. The van der Waals surface area contributed by atoms with E-state index in [1.54, 1.807) is 47.2 Å². The molecule has 0 atom stereocenters. The molecule has 7 nitrogen and oxygen atoms in total. The molecule has 160 valence electrons. The molecule has 0 saturated heterocycles. The van der Waals surface area contributed by atoms with Gasteiger partial charge >= 0.3 is 0 Å². The third kappa shape index (κ3) is 4.07. The molecule has 3 aromatic heterocycles. The monoisotopic (exact) mass is 479 g/mol. The summed E-state index contributed by atoms with van der Waals surface area (Å²) in [6, 6.07) is 14.8. The van der Waals surface area contributed by atoms with Gasteiger partial charge < -0.3 is 5.32 Å². The summed E-state index contributed by atoms with van der Waals surface area (Å²) in [5.41, 5.74) is 4.07. The minimum atomic E-state index is -3.70. The minimum Gasteiger partial charge on any atom is -0.340 e. The summed E-state index contributed by atoms with van der Waals surface area (Å²) in [6.45, 7) is 2.06. The normalized spacial score (nSPS) is 11.5. The van der Waals surface area contributed by atoms with E-state index in [0.717, 1.165) is 27.0 Å². The van der Waals surface area contributed by atoms with Crippen LogP contribution in [0.2, 0.25) is 0 Å². The van der Waals surface area contributed by atoms with Crippen LogP contribution in [0.4, 0.5) is 16.6 Å². The minimum absolute atomic E-state index is 0.155. The smallest absolute Gasteiger partial charge is 0.263 e. The van der Waals surface area contributed by atoms with Crippen molar-refractivity contribution in [3.63, 3.8) is 0 Å². The number of thiazole rings is 1. The Morgan fingerprint density at radius 2 is 1.69 bits per heavy atom. The summed E-state index contributed by atoms with van der Waals surface area (Å²) in [5.74, 6) is 0.670. The van der Waals surface area contributed by atoms with Gasteiger partial charge in [0.2, 0.25) is 0 Å². The number of hydrogen-bond acceptors (Lipinski definition) is 8. The molecule has 0 unspecified atom stereocenters. The number of hydrogen-bond donors (Lipinski definition) is 2. The molecule has 0 radical (unpaired) electrons. The van der Waals surface area contributed by atoms with Crippen molar-refractivity contribution in [3.8, 4) is 11.1 Å². The van der Waals surface area contributed by atoms with Crippen molar-refractivity contribution < 1.29 is 8.42 Å². The molecule has 10 heteroatoms. The molecular formula is C22H17N5O2S3. The molecule has 0 bridgehead atoms. The maximum absolute atomic E-state index is 12.6. The van der Waals surface area contributed by atoms with Crippen molar-refractivity contribution in [2.45, 2.75) is 11.8 Å². The van der Waals surface area contributed by atoms with E-state index in [1.807, 2.05) is 0 Å².